The third-order valence-electron chi connectivity index (χ3n) is 7.16. The molecule has 8 heteroatoms. The average molecular weight is 493 g/mol. The Morgan fingerprint density at radius 1 is 1.00 bits per heavy atom. The molecular weight excluding hydrogens is 462 g/mol. The molecule has 8 atom stereocenters. The van der Waals surface area contributed by atoms with Crippen LogP contribution in [0.4, 0.5) is 18.9 Å². The number of carbonyl (C=O) groups is 1. The molecule has 36 heavy (non-hydrogen) atoms. The van der Waals surface area contributed by atoms with E-state index in [4.69, 9.17) is 4.74 Å². The zero-order valence-electron chi connectivity index (χ0n) is 20.9. The summed E-state index contributed by atoms with van der Waals surface area (Å²) in [6.45, 7) is 11.0. The van der Waals surface area contributed by atoms with Crippen LogP contribution in [-0.4, -0.2) is 24.5 Å². The van der Waals surface area contributed by atoms with Crippen LogP contribution in [0.1, 0.15) is 38.2 Å². The number of rotatable bonds is 6. The van der Waals surface area contributed by atoms with Gasteiger partial charge in [-0.15, -0.1) is 25.3 Å². The molecule has 4 bridgehead atoms. The first-order valence-electron chi connectivity index (χ1n) is 12.0. The number of carbonyl (C=O) groups excluding carboxylic acids is 1. The topological polar surface area (TPSA) is 47.6 Å². The molecule has 2 aromatic carbocycles. The first-order chi connectivity index (χ1) is 16.5. The van der Waals surface area contributed by atoms with Gasteiger partial charge in [-0.1, -0.05) is 43.9 Å². The molecule has 4 nitrogen and oxygen atoms in total. The summed E-state index contributed by atoms with van der Waals surface area (Å²) in [5.74, 6) is 1.93. The molecule has 0 aromatic heterocycles. The maximum atomic E-state index is 13.0. The van der Waals surface area contributed by atoms with Crippen LogP contribution in [0.25, 0.3) is 0 Å². The van der Waals surface area contributed by atoms with Crippen LogP contribution >= 0.6 is 0 Å². The Labute approximate surface area is 223 Å². The van der Waals surface area contributed by atoms with Crippen LogP contribution in [0, 0.1) is 49.5 Å². The molecule has 0 radical (unpaired) electrons. The van der Waals surface area contributed by atoms with E-state index in [9.17, 15) is 18.0 Å². The van der Waals surface area contributed by atoms with E-state index in [0.29, 0.717) is 17.8 Å². The second-order valence-electron chi connectivity index (χ2n) is 9.82. The number of halogens is 3. The molecule has 2 aromatic rings. The molecule has 0 saturated heterocycles. The summed E-state index contributed by atoms with van der Waals surface area (Å²) >= 11 is 0. The molecule has 1 amide bonds. The smallest absolute Gasteiger partial charge is 0.440 e. The minimum absolute atomic E-state index is 0. The molecule has 6 rings (SSSR count). The predicted octanol–water partition coefficient (Wildman–Crippen LogP) is 3.46. The van der Waals surface area contributed by atoms with Crippen LogP contribution in [-0.2, 0) is 9.53 Å². The Hall–Kier alpha value is -1.94. The molecule has 4 fully saturated rings. The Morgan fingerprint density at radius 2 is 1.58 bits per heavy atom. The normalized spacial score (nSPS) is 29.1. The number of nitrogens with one attached hydrogen (secondary N) is 1. The van der Waals surface area contributed by atoms with Crippen molar-refractivity contribution in [2.24, 2.45) is 29.6 Å². The van der Waals surface area contributed by atoms with Gasteiger partial charge >= 0.3 is 25.2 Å². The Bertz CT molecular complexity index is 991. The van der Waals surface area contributed by atoms with E-state index < -0.39 is 6.36 Å². The molecule has 190 valence electrons. The fraction of sp³-hybridized carbons (Fsp3) is 0.464. The summed E-state index contributed by atoms with van der Waals surface area (Å²) in [6.07, 6.45) is -2.52. The van der Waals surface area contributed by atoms with Crippen molar-refractivity contribution in [1.29, 1.82) is 0 Å². The van der Waals surface area contributed by atoms with Gasteiger partial charge in [0.2, 0.25) is 5.91 Å². The largest absolute Gasteiger partial charge is 1.00 e. The zero-order valence-corrected chi connectivity index (χ0v) is 20.9. The molecule has 0 aliphatic heterocycles. The summed E-state index contributed by atoms with van der Waals surface area (Å²) in [5.41, 5.74) is 1.77. The minimum Gasteiger partial charge on any atom is -0.440 e. The molecule has 8 unspecified atom stereocenters. The fourth-order valence-corrected chi connectivity index (χ4v) is 6.06. The van der Waals surface area contributed by atoms with Crippen molar-refractivity contribution in [3.8, 4) is 5.75 Å². The van der Waals surface area contributed by atoms with E-state index in [-0.39, 0.29) is 60.5 Å². The van der Waals surface area contributed by atoms with Crippen LogP contribution in [0.15, 0.2) is 48.5 Å². The summed E-state index contributed by atoms with van der Waals surface area (Å²) in [5, 5.41) is 3.03. The summed E-state index contributed by atoms with van der Waals surface area (Å²) < 4.78 is 46.1. The first kappa shape index (κ1) is 28.6. The van der Waals surface area contributed by atoms with E-state index in [1.54, 1.807) is 24.3 Å². The van der Waals surface area contributed by atoms with Crippen molar-refractivity contribution < 1.29 is 46.3 Å². The van der Waals surface area contributed by atoms with Crippen LogP contribution in [0.5, 0.6) is 5.75 Å². The van der Waals surface area contributed by atoms with Crippen molar-refractivity contribution >= 4 is 11.6 Å². The monoisotopic (exact) mass is 493 g/mol. The third-order valence-corrected chi connectivity index (χ3v) is 7.16. The van der Waals surface area contributed by atoms with Crippen molar-refractivity contribution in [3.05, 3.63) is 74.0 Å². The first-order valence-corrected chi connectivity index (χ1v) is 12.0. The zero-order chi connectivity index (χ0) is 25.3. The SMILES string of the molecule is O=C(Nc1cc[c-]cc1)C1C2CC3C(CC2c2ccc(OC(F)(F)F)cc2)C31.[CH2-]C(C)OC([CH2-])C.[Li+]. The number of benzene rings is 2. The number of amides is 1. The third kappa shape index (κ3) is 6.88. The Kier molecular flexibility index (Phi) is 9.24. The van der Waals surface area contributed by atoms with Crippen molar-refractivity contribution in [3.63, 3.8) is 0 Å². The predicted molar refractivity (Wildman–Crippen MR) is 127 cm³/mol. The van der Waals surface area contributed by atoms with Gasteiger partial charge in [-0.3, -0.25) is 4.79 Å². The van der Waals surface area contributed by atoms with Gasteiger partial charge in [0.05, 0.1) is 0 Å². The molecule has 4 aliphatic carbocycles. The second-order valence-corrected chi connectivity index (χ2v) is 9.82. The molecular formula is C28H31F3LiNO3-2. The minimum atomic E-state index is -4.69. The van der Waals surface area contributed by atoms with Gasteiger partial charge in [0.15, 0.2) is 0 Å². The van der Waals surface area contributed by atoms with Crippen LogP contribution < -0.4 is 28.9 Å². The number of anilines is 1. The van der Waals surface area contributed by atoms with Crippen molar-refractivity contribution in [2.45, 2.75) is 51.2 Å². The maximum Gasteiger partial charge on any atom is 1.00 e. The molecule has 4 aliphatic rings. The standard InChI is InChI=1S/C22H19F3NO2.C6H12O.Li/c23-22(24,25)28-14-8-6-12(7-9-14)15-10-17-18-11-16(15)20(19(17)18)21(27)26-13-4-2-1-3-5-13;1-5(2)7-6(3)4;/h2-9,15-20H,10-11H2,(H,26,27);5-6H,1,3H2,2,4H3;/q-1;-2;+1. The molecule has 0 spiro atoms. The van der Waals surface area contributed by atoms with Gasteiger partial charge in [-0.25, -0.2) is 0 Å². The molecule has 0 heterocycles. The van der Waals surface area contributed by atoms with Gasteiger partial charge in [0, 0.05) is 5.92 Å². The van der Waals surface area contributed by atoms with Crippen LogP contribution in [0.3, 0.4) is 0 Å². The van der Waals surface area contributed by atoms with Gasteiger partial charge in [-0.05, 0) is 60.1 Å². The number of ether oxygens (including phenoxy) is 2. The van der Waals surface area contributed by atoms with E-state index in [2.05, 4.69) is 30.0 Å². The summed E-state index contributed by atoms with van der Waals surface area (Å²) in [4.78, 5) is 13.0. The Morgan fingerprint density at radius 3 is 2.08 bits per heavy atom. The summed E-state index contributed by atoms with van der Waals surface area (Å²) in [6, 6.07) is 16.3. The quantitative estimate of drug-likeness (QED) is 0.496. The van der Waals surface area contributed by atoms with Gasteiger partial charge < -0.3 is 28.6 Å². The van der Waals surface area contributed by atoms with E-state index in [1.807, 2.05) is 26.0 Å². The van der Waals surface area contributed by atoms with Gasteiger partial charge in [0.1, 0.15) is 5.75 Å². The van der Waals surface area contributed by atoms with Gasteiger partial charge in [0.25, 0.3) is 0 Å². The van der Waals surface area contributed by atoms with Crippen LogP contribution in [0.2, 0.25) is 0 Å². The maximum absolute atomic E-state index is 13.0. The average Bonchev–Trinajstić information content (AvgIpc) is 3.35. The number of hydrogen-bond acceptors (Lipinski definition) is 3. The second kappa shape index (κ2) is 11.6. The van der Waals surface area contributed by atoms with Crippen molar-refractivity contribution in [1.82, 2.24) is 0 Å². The van der Waals surface area contributed by atoms with Gasteiger partial charge in [-0.2, -0.15) is 18.2 Å². The van der Waals surface area contributed by atoms with E-state index >= 15 is 0 Å². The fourth-order valence-electron chi connectivity index (χ4n) is 6.06. The van der Waals surface area contributed by atoms with Crippen molar-refractivity contribution in [2.75, 3.05) is 5.32 Å². The Balaban J connectivity index is 0.000000400. The molecule has 1 N–H and O–H groups in total. The number of alkyl halides is 3. The number of hydrogen-bond donors (Lipinski definition) is 1. The number of fused-ring (bicyclic) bond motifs is 1. The van der Waals surface area contributed by atoms with E-state index in [1.165, 1.54) is 12.1 Å². The summed E-state index contributed by atoms with van der Waals surface area (Å²) in [7, 11) is 0. The molecule has 4 saturated carbocycles. The van der Waals surface area contributed by atoms with E-state index in [0.717, 1.165) is 24.1 Å².